The van der Waals surface area contributed by atoms with E-state index in [4.69, 9.17) is 9.15 Å². The van der Waals surface area contributed by atoms with E-state index in [9.17, 15) is 5.11 Å². The number of nitrogens with one attached hydrogen (secondary N) is 1. The van der Waals surface area contributed by atoms with Crippen LogP contribution in [0.4, 0.5) is 5.95 Å². The molecule has 0 radical (unpaired) electrons. The Balaban J connectivity index is 1.12. The summed E-state index contributed by atoms with van der Waals surface area (Å²) < 4.78 is 12.0. The number of rotatable bonds is 9. The minimum Gasteiger partial charge on any atom is -0.486 e. The first-order chi connectivity index (χ1) is 16.6. The van der Waals surface area contributed by atoms with Crippen LogP contribution in [0.5, 0.6) is 5.75 Å². The number of hydrogen-bond donors (Lipinski definition) is 2. The minimum absolute atomic E-state index is 0.362. The van der Waals surface area contributed by atoms with Crippen LogP contribution in [0.1, 0.15) is 16.9 Å². The van der Waals surface area contributed by atoms with Crippen LogP contribution in [0.2, 0.25) is 0 Å². The first-order valence-electron chi connectivity index (χ1n) is 11.0. The number of thiophene rings is 1. The van der Waals surface area contributed by atoms with Gasteiger partial charge in [-0.25, -0.2) is 15.0 Å². The van der Waals surface area contributed by atoms with Crippen molar-refractivity contribution in [1.29, 1.82) is 0 Å². The lowest BCUT2D eigenvalue weighted by Crippen LogP contribution is -2.39. The molecular weight excluding hydrogens is 518 g/mol. The van der Waals surface area contributed by atoms with E-state index in [0.717, 1.165) is 40.3 Å². The number of aliphatic hydroxyl groups excluding tert-OH is 1. The predicted molar refractivity (Wildman–Crippen MR) is 134 cm³/mol. The number of aliphatic hydroxyl groups is 1. The number of oxazole rings is 1. The molecule has 0 saturated heterocycles. The van der Waals surface area contributed by atoms with Gasteiger partial charge in [-0.3, -0.25) is 4.90 Å². The van der Waals surface area contributed by atoms with Crippen LogP contribution in [0.25, 0.3) is 10.6 Å². The third kappa shape index (κ3) is 5.64. The highest BCUT2D eigenvalue weighted by molar-refractivity contribution is 9.10. The predicted octanol–water partition coefficient (Wildman–Crippen LogP) is 4.37. The Kier molecular flexibility index (Phi) is 7.19. The van der Waals surface area contributed by atoms with Crippen LogP contribution in [0.3, 0.4) is 0 Å². The Morgan fingerprint density at radius 1 is 1.26 bits per heavy atom. The average molecular weight is 542 g/mol. The molecule has 1 aliphatic heterocycles. The van der Waals surface area contributed by atoms with E-state index in [0.29, 0.717) is 31.4 Å². The number of ether oxygens (including phenoxy) is 1. The second-order valence-electron chi connectivity index (χ2n) is 8.07. The highest BCUT2D eigenvalue weighted by atomic mass is 79.9. The second-order valence-corrected chi connectivity index (χ2v) is 9.84. The van der Waals surface area contributed by atoms with Gasteiger partial charge in [0.1, 0.15) is 12.4 Å². The van der Waals surface area contributed by atoms with E-state index in [1.165, 1.54) is 17.5 Å². The number of benzene rings is 1. The number of aromatic nitrogens is 3. The van der Waals surface area contributed by atoms with E-state index in [1.54, 1.807) is 23.7 Å². The largest absolute Gasteiger partial charge is 0.486 e. The number of fused-ring (bicyclic) bond motifs is 1. The van der Waals surface area contributed by atoms with Gasteiger partial charge < -0.3 is 19.6 Å². The maximum Gasteiger partial charge on any atom is 0.223 e. The smallest absolute Gasteiger partial charge is 0.223 e. The Labute approximate surface area is 209 Å². The molecular formula is C24H24BrN5O3S. The highest BCUT2D eigenvalue weighted by Crippen LogP contribution is 2.32. The molecule has 0 amide bonds. The van der Waals surface area contributed by atoms with Crippen molar-refractivity contribution < 1.29 is 14.3 Å². The molecule has 0 fully saturated rings. The summed E-state index contributed by atoms with van der Waals surface area (Å²) in [5, 5.41) is 15.8. The van der Waals surface area contributed by atoms with Crippen molar-refractivity contribution in [3.8, 4) is 16.3 Å². The van der Waals surface area contributed by atoms with Gasteiger partial charge >= 0.3 is 0 Å². The molecule has 1 unspecified atom stereocenters. The van der Waals surface area contributed by atoms with Gasteiger partial charge in [0.15, 0.2) is 12.2 Å². The summed E-state index contributed by atoms with van der Waals surface area (Å²) in [6.45, 7) is 3.00. The molecule has 4 heterocycles. The fourth-order valence-electron chi connectivity index (χ4n) is 3.92. The van der Waals surface area contributed by atoms with E-state index in [-0.39, 0.29) is 0 Å². The Morgan fingerprint density at radius 2 is 2.21 bits per heavy atom. The van der Waals surface area contributed by atoms with Crippen molar-refractivity contribution in [3.05, 3.63) is 75.9 Å². The summed E-state index contributed by atoms with van der Waals surface area (Å²) in [6, 6.07) is 10.1. The van der Waals surface area contributed by atoms with Gasteiger partial charge in [-0.2, -0.15) is 0 Å². The van der Waals surface area contributed by atoms with Gasteiger partial charge in [-0.15, -0.1) is 11.3 Å². The van der Waals surface area contributed by atoms with Crippen LogP contribution < -0.4 is 10.1 Å². The highest BCUT2D eigenvalue weighted by Gasteiger charge is 2.20. The van der Waals surface area contributed by atoms with Crippen LogP contribution in [-0.4, -0.2) is 50.7 Å². The number of hydrogen-bond acceptors (Lipinski definition) is 9. The zero-order chi connectivity index (χ0) is 23.3. The van der Waals surface area contributed by atoms with Crippen molar-refractivity contribution in [2.45, 2.75) is 25.7 Å². The molecule has 34 heavy (non-hydrogen) atoms. The van der Waals surface area contributed by atoms with Gasteiger partial charge in [0.2, 0.25) is 5.95 Å². The molecule has 5 rings (SSSR count). The molecule has 1 aliphatic rings. The first kappa shape index (κ1) is 23.0. The molecule has 3 aromatic heterocycles. The molecule has 0 bridgehead atoms. The average Bonchev–Trinajstić information content (AvgIpc) is 3.53. The molecule has 4 aromatic rings. The third-order valence-corrected chi connectivity index (χ3v) is 7.46. The van der Waals surface area contributed by atoms with E-state index in [2.05, 4.69) is 53.2 Å². The molecule has 1 atom stereocenters. The van der Waals surface area contributed by atoms with Crippen LogP contribution in [0.15, 0.2) is 63.4 Å². The number of halogens is 1. The summed E-state index contributed by atoms with van der Waals surface area (Å²) >= 11 is 5.17. The third-order valence-electron chi connectivity index (χ3n) is 5.60. The number of nitrogens with zero attached hydrogens (tertiary/aromatic N) is 4. The molecule has 2 N–H and O–H groups in total. The van der Waals surface area contributed by atoms with Crippen molar-refractivity contribution in [2.24, 2.45) is 0 Å². The van der Waals surface area contributed by atoms with Gasteiger partial charge in [0, 0.05) is 36.8 Å². The summed E-state index contributed by atoms with van der Waals surface area (Å²) in [4.78, 5) is 16.1. The lowest BCUT2D eigenvalue weighted by molar-refractivity contribution is 0.114. The lowest BCUT2D eigenvalue weighted by Gasteiger charge is -2.30. The molecule has 0 aliphatic carbocycles. The fourth-order valence-corrected chi connectivity index (χ4v) is 5.47. The Bertz CT molecular complexity index is 1230. The molecule has 1 aromatic carbocycles. The zero-order valence-corrected chi connectivity index (χ0v) is 20.8. The Hall–Kier alpha value is -2.79. The van der Waals surface area contributed by atoms with E-state index >= 15 is 0 Å². The van der Waals surface area contributed by atoms with Crippen molar-refractivity contribution >= 4 is 33.2 Å². The molecule has 0 saturated carbocycles. The first-order valence-corrected chi connectivity index (χ1v) is 12.6. The maximum atomic E-state index is 10.6. The molecule has 8 nitrogen and oxygen atoms in total. The van der Waals surface area contributed by atoms with E-state index < -0.39 is 6.10 Å². The molecule has 176 valence electrons. The minimum atomic E-state index is -0.535. The number of β-amino-alcohol motifs (C(OH)–C–C–N with tert-alkyl or cyclic N) is 1. The quantitative estimate of drug-likeness (QED) is 0.322. The SMILES string of the molecule is OC(CNc1nccc(-c2sccc2Br)n1)CN1CCc2cc(OCc3cnco3)ccc2C1. The zero-order valence-electron chi connectivity index (χ0n) is 18.4. The summed E-state index contributed by atoms with van der Waals surface area (Å²) in [6.07, 6.45) is 5.16. The molecule has 0 spiro atoms. The summed E-state index contributed by atoms with van der Waals surface area (Å²) in [7, 11) is 0. The van der Waals surface area contributed by atoms with Gasteiger partial charge in [-0.05, 0) is 63.1 Å². The van der Waals surface area contributed by atoms with Gasteiger partial charge in [-0.1, -0.05) is 6.07 Å². The molecule has 10 heteroatoms. The lowest BCUT2D eigenvalue weighted by atomic mass is 9.99. The van der Waals surface area contributed by atoms with Gasteiger partial charge in [0.05, 0.1) is 22.9 Å². The Morgan fingerprint density at radius 3 is 3.03 bits per heavy atom. The summed E-state index contributed by atoms with van der Waals surface area (Å²) in [5.41, 5.74) is 3.39. The van der Waals surface area contributed by atoms with Crippen LogP contribution in [0, 0.1) is 0 Å². The number of anilines is 1. The second kappa shape index (κ2) is 10.6. The van der Waals surface area contributed by atoms with Crippen molar-refractivity contribution in [2.75, 3.05) is 25.0 Å². The topological polar surface area (TPSA) is 96.5 Å². The fraction of sp³-hybridized carbons (Fsp3) is 0.292. The standard InChI is InChI=1S/C24H24BrN5O3S/c25-21-5-8-34-23(21)22-3-6-27-24(29-22)28-10-18(31)13-30-7-4-16-9-19(2-1-17(16)12-30)32-14-20-11-26-15-33-20/h1-3,5-6,8-9,11,15,18,31H,4,7,10,12-14H2,(H,27,28,29). The summed E-state index contributed by atoms with van der Waals surface area (Å²) in [5.74, 6) is 2.03. The van der Waals surface area contributed by atoms with Gasteiger partial charge in [0.25, 0.3) is 0 Å². The van der Waals surface area contributed by atoms with Crippen molar-refractivity contribution in [1.82, 2.24) is 19.9 Å². The monoisotopic (exact) mass is 541 g/mol. The maximum absolute atomic E-state index is 10.6. The van der Waals surface area contributed by atoms with Crippen LogP contribution in [-0.2, 0) is 19.6 Å². The normalized spacial score (nSPS) is 14.5. The van der Waals surface area contributed by atoms with Crippen molar-refractivity contribution in [3.63, 3.8) is 0 Å². The van der Waals surface area contributed by atoms with E-state index in [1.807, 2.05) is 23.6 Å². The van der Waals surface area contributed by atoms with Crippen LogP contribution >= 0.6 is 27.3 Å².